The minimum absolute atomic E-state index is 0.0532. The van der Waals surface area contributed by atoms with Crippen molar-refractivity contribution in [2.24, 2.45) is 0 Å². The molecule has 0 aliphatic heterocycles. The highest BCUT2D eigenvalue weighted by Gasteiger charge is 2.22. The van der Waals surface area contributed by atoms with Crippen LogP contribution in [0.2, 0.25) is 0 Å². The van der Waals surface area contributed by atoms with Crippen molar-refractivity contribution in [2.45, 2.75) is 38.1 Å². The van der Waals surface area contributed by atoms with E-state index in [0.29, 0.717) is 11.3 Å². The summed E-state index contributed by atoms with van der Waals surface area (Å²) in [6.45, 7) is 6.87. The van der Waals surface area contributed by atoms with Crippen LogP contribution in [-0.4, -0.2) is 30.9 Å². The molecular formula is C19H22N2O5S. The smallest absolute Gasteiger partial charge is 0.336 e. The Morgan fingerprint density at radius 1 is 1.00 bits per heavy atom. The van der Waals surface area contributed by atoms with Crippen LogP contribution in [0.15, 0.2) is 47.4 Å². The van der Waals surface area contributed by atoms with Gasteiger partial charge in [-0.3, -0.25) is 4.79 Å². The summed E-state index contributed by atoms with van der Waals surface area (Å²) >= 11 is 0. The first-order valence-corrected chi connectivity index (χ1v) is 9.67. The minimum Gasteiger partial charge on any atom is -0.478 e. The lowest BCUT2D eigenvalue weighted by atomic mass is 10.1. The zero-order valence-corrected chi connectivity index (χ0v) is 16.3. The quantitative estimate of drug-likeness (QED) is 0.726. The Kier molecular flexibility index (Phi) is 5.72. The van der Waals surface area contributed by atoms with Gasteiger partial charge in [0.05, 0.1) is 10.5 Å². The number of sulfonamides is 1. The van der Waals surface area contributed by atoms with Crippen molar-refractivity contribution < 1.29 is 23.1 Å². The summed E-state index contributed by atoms with van der Waals surface area (Å²) in [5.41, 5.74) is 0.655. The van der Waals surface area contributed by atoms with E-state index in [1.807, 2.05) is 0 Å². The summed E-state index contributed by atoms with van der Waals surface area (Å²) in [7, 11) is -3.69. The molecule has 0 spiro atoms. The van der Waals surface area contributed by atoms with Crippen molar-refractivity contribution in [2.75, 3.05) is 5.32 Å². The number of aromatic carboxylic acids is 1. The molecule has 7 nitrogen and oxygen atoms in total. The van der Waals surface area contributed by atoms with Crippen molar-refractivity contribution in [3.63, 3.8) is 0 Å². The molecule has 0 aromatic heterocycles. The summed E-state index contributed by atoms with van der Waals surface area (Å²) in [6, 6.07) is 10.1. The van der Waals surface area contributed by atoms with E-state index in [1.54, 1.807) is 39.8 Å². The summed E-state index contributed by atoms with van der Waals surface area (Å²) < 4.78 is 27.1. The van der Waals surface area contributed by atoms with E-state index in [1.165, 1.54) is 30.3 Å². The molecule has 0 aliphatic rings. The van der Waals surface area contributed by atoms with E-state index in [2.05, 4.69) is 10.0 Å². The molecule has 0 atom stereocenters. The average molecular weight is 390 g/mol. The molecule has 8 heteroatoms. The van der Waals surface area contributed by atoms with Crippen LogP contribution in [0.25, 0.3) is 0 Å². The summed E-state index contributed by atoms with van der Waals surface area (Å²) in [6.07, 6.45) is 0. The first-order valence-electron chi connectivity index (χ1n) is 8.18. The third kappa shape index (κ3) is 5.38. The predicted molar refractivity (Wildman–Crippen MR) is 103 cm³/mol. The molecule has 0 bridgehead atoms. The molecule has 2 aromatic carbocycles. The molecule has 1 amide bonds. The number of carboxylic acid groups (broad SMARTS) is 1. The van der Waals surface area contributed by atoms with Gasteiger partial charge in [-0.15, -0.1) is 0 Å². The van der Waals surface area contributed by atoms with Crippen LogP contribution in [-0.2, 0) is 10.0 Å². The van der Waals surface area contributed by atoms with Gasteiger partial charge in [0.1, 0.15) is 0 Å². The molecule has 3 N–H and O–H groups in total. The fourth-order valence-electron chi connectivity index (χ4n) is 2.38. The predicted octanol–water partition coefficient (Wildman–Crippen LogP) is 3.02. The lowest BCUT2D eigenvalue weighted by Crippen LogP contribution is -2.40. The van der Waals surface area contributed by atoms with Crippen LogP contribution >= 0.6 is 0 Å². The second-order valence-corrected chi connectivity index (χ2v) is 8.85. The van der Waals surface area contributed by atoms with E-state index in [9.17, 15) is 18.0 Å². The van der Waals surface area contributed by atoms with E-state index >= 15 is 0 Å². The minimum atomic E-state index is -3.69. The number of anilines is 1. The Hall–Kier alpha value is -2.71. The van der Waals surface area contributed by atoms with Crippen LogP contribution in [0.3, 0.4) is 0 Å². The molecule has 2 rings (SSSR count). The summed E-state index contributed by atoms with van der Waals surface area (Å²) in [5, 5.41) is 11.8. The molecule has 144 valence electrons. The molecule has 0 fully saturated rings. The van der Waals surface area contributed by atoms with Crippen molar-refractivity contribution in [3.05, 3.63) is 59.2 Å². The molecule has 0 saturated heterocycles. The number of nitrogens with one attached hydrogen (secondary N) is 2. The van der Waals surface area contributed by atoms with E-state index in [-0.39, 0.29) is 16.0 Å². The van der Waals surface area contributed by atoms with Crippen LogP contribution in [0.1, 0.15) is 47.1 Å². The second-order valence-electron chi connectivity index (χ2n) is 7.17. The largest absolute Gasteiger partial charge is 0.478 e. The number of hydrogen-bond acceptors (Lipinski definition) is 4. The first kappa shape index (κ1) is 20.6. The molecule has 2 aromatic rings. The van der Waals surface area contributed by atoms with Crippen LogP contribution in [0, 0.1) is 6.92 Å². The Balaban J connectivity index is 2.19. The normalized spacial score (nSPS) is 11.9. The molecule has 0 aliphatic carbocycles. The number of carbonyl (C=O) groups is 2. The van der Waals surface area contributed by atoms with E-state index in [0.717, 1.165) is 0 Å². The fourth-order valence-corrected chi connectivity index (χ4v) is 3.80. The van der Waals surface area contributed by atoms with Crippen LogP contribution < -0.4 is 10.0 Å². The van der Waals surface area contributed by atoms with Gasteiger partial charge in [-0.05, 0) is 69.7 Å². The fraction of sp³-hybridized carbons (Fsp3) is 0.263. The van der Waals surface area contributed by atoms with Gasteiger partial charge >= 0.3 is 5.97 Å². The zero-order chi connectivity index (χ0) is 20.4. The van der Waals surface area contributed by atoms with Crippen molar-refractivity contribution >= 4 is 27.6 Å². The summed E-state index contributed by atoms with van der Waals surface area (Å²) in [5.74, 6) is -1.55. The van der Waals surface area contributed by atoms with E-state index in [4.69, 9.17) is 5.11 Å². The maximum absolute atomic E-state index is 12.3. The molecule has 0 heterocycles. The van der Waals surface area contributed by atoms with Gasteiger partial charge in [-0.25, -0.2) is 17.9 Å². The molecular weight excluding hydrogens is 368 g/mol. The number of hydrogen-bond donors (Lipinski definition) is 3. The lowest BCUT2D eigenvalue weighted by Gasteiger charge is -2.20. The number of rotatable bonds is 5. The highest BCUT2D eigenvalue weighted by molar-refractivity contribution is 7.89. The first-order chi connectivity index (χ1) is 12.4. The van der Waals surface area contributed by atoms with Crippen molar-refractivity contribution in [1.29, 1.82) is 0 Å². The van der Waals surface area contributed by atoms with E-state index < -0.39 is 27.4 Å². The van der Waals surface area contributed by atoms with Gasteiger partial charge in [-0.2, -0.15) is 0 Å². The molecule has 0 saturated carbocycles. The number of benzene rings is 2. The standard InChI is InChI=1S/C19H22N2O5S/c1-12-5-8-14(11-16(12)18(23)24)20-17(22)13-6-9-15(10-7-13)27(25,26)21-19(2,3)4/h5-11,21H,1-4H3,(H,20,22)(H,23,24). The molecule has 0 unspecified atom stereocenters. The number of aryl methyl sites for hydroxylation is 1. The average Bonchev–Trinajstić information content (AvgIpc) is 2.54. The van der Waals surface area contributed by atoms with Gasteiger partial charge in [0.15, 0.2) is 0 Å². The highest BCUT2D eigenvalue weighted by Crippen LogP contribution is 2.18. The third-order valence-electron chi connectivity index (χ3n) is 3.59. The Morgan fingerprint density at radius 2 is 1.59 bits per heavy atom. The summed E-state index contributed by atoms with van der Waals surface area (Å²) in [4.78, 5) is 23.6. The third-order valence-corrected chi connectivity index (χ3v) is 5.37. The number of amides is 1. The van der Waals surface area contributed by atoms with Crippen LogP contribution in [0.5, 0.6) is 0 Å². The van der Waals surface area contributed by atoms with Gasteiger partial charge in [0.2, 0.25) is 10.0 Å². The number of carbonyl (C=O) groups excluding carboxylic acids is 1. The number of carboxylic acids is 1. The van der Waals surface area contributed by atoms with Gasteiger partial charge in [-0.1, -0.05) is 6.07 Å². The lowest BCUT2D eigenvalue weighted by molar-refractivity contribution is 0.0695. The molecule has 0 radical (unpaired) electrons. The maximum Gasteiger partial charge on any atom is 0.336 e. The second kappa shape index (κ2) is 7.50. The Bertz CT molecular complexity index is 974. The maximum atomic E-state index is 12.3. The zero-order valence-electron chi connectivity index (χ0n) is 15.5. The van der Waals surface area contributed by atoms with Crippen molar-refractivity contribution in [1.82, 2.24) is 4.72 Å². The van der Waals surface area contributed by atoms with Crippen LogP contribution in [0.4, 0.5) is 5.69 Å². The van der Waals surface area contributed by atoms with Gasteiger partial charge < -0.3 is 10.4 Å². The van der Waals surface area contributed by atoms with Gasteiger partial charge in [0, 0.05) is 16.8 Å². The van der Waals surface area contributed by atoms with Gasteiger partial charge in [0.25, 0.3) is 5.91 Å². The monoisotopic (exact) mass is 390 g/mol. The van der Waals surface area contributed by atoms with Crippen molar-refractivity contribution in [3.8, 4) is 0 Å². The highest BCUT2D eigenvalue weighted by atomic mass is 32.2. The molecule has 27 heavy (non-hydrogen) atoms. The topological polar surface area (TPSA) is 113 Å². The SMILES string of the molecule is Cc1ccc(NC(=O)c2ccc(S(=O)(=O)NC(C)(C)C)cc2)cc1C(=O)O. The Morgan fingerprint density at radius 3 is 2.11 bits per heavy atom. The Labute approximate surface area is 158 Å².